The molecule has 0 heterocycles. The molecular formula is C14H22ClNO. The number of unbranched alkanes of at least 4 members (excludes halogenated alkanes) is 2. The Hall–Kier alpha value is -0.730. The van der Waals surface area contributed by atoms with Crippen LogP contribution in [0.15, 0.2) is 18.2 Å². The van der Waals surface area contributed by atoms with E-state index in [4.69, 9.17) is 16.3 Å². The fourth-order valence-corrected chi connectivity index (χ4v) is 1.75. The second-order valence-corrected chi connectivity index (χ2v) is 4.65. The minimum Gasteiger partial charge on any atom is -0.492 e. The summed E-state index contributed by atoms with van der Waals surface area (Å²) in [7, 11) is 0. The van der Waals surface area contributed by atoms with Gasteiger partial charge in [-0.3, -0.25) is 0 Å². The topological polar surface area (TPSA) is 21.3 Å². The molecule has 0 fully saturated rings. The van der Waals surface area contributed by atoms with Crippen LogP contribution in [-0.2, 0) is 0 Å². The molecule has 1 aromatic carbocycles. The zero-order valence-corrected chi connectivity index (χ0v) is 11.5. The summed E-state index contributed by atoms with van der Waals surface area (Å²) in [6, 6.07) is 5.73. The highest BCUT2D eigenvalue weighted by molar-refractivity contribution is 6.30. The van der Waals surface area contributed by atoms with Crippen molar-refractivity contribution in [2.75, 3.05) is 19.7 Å². The molecule has 0 saturated heterocycles. The Kier molecular flexibility index (Phi) is 7.06. The van der Waals surface area contributed by atoms with Crippen molar-refractivity contribution in [1.82, 2.24) is 5.32 Å². The molecule has 1 aromatic rings. The highest BCUT2D eigenvalue weighted by atomic mass is 35.5. The fraction of sp³-hybridized carbons (Fsp3) is 0.571. The van der Waals surface area contributed by atoms with Gasteiger partial charge in [0.2, 0.25) is 0 Å². The van der Waals surface area contributed by atoms with Crippen LogP contribution in [0.4, 0.5) is 0 Å². The van der Waals surface area contributed by atoms with Crippen LogP contribution < -0.4 is 10.1 Å². The first-order valence-corrected chi connectivity index (χ1v) is 6.71. The van der Waals surface area contributed by atoms with E-state index in [0.717, 1.165) is 29.4 Å². The van der Waals surface area contributed by atoms with E-state index in [1.54, 1.807) is 0 Å². The van der Waals surface area contributed by atoms with Gasteiger partial charge in [0.25, 0.3) is 0 Å². The van der Waals surface area contributed by atoms with Gasteiger partial charge < -0.3 is 10.1 Å². The first-order valence-electron chi connectivity index (χ1n) is 6.33. The fourth-order valence-electron chi connectivity index (χ4n) is 1.59. The molecule has 0 aliphatic heterocycles. The molecule has 0 aliphatic carbocycles. The van der Waals surface area contributed by atoms with Crippen molar-refractivity contribution in [1.29, 1.82) is 0 Å². The van der Waals surface area contributed by atoms with E-state index in [-0.39, 0.29) is 0 Å². The van der Waals surface area contributed by atoms with E-state index in [2.05, 4.69) is 12.2 Å². The molecule has 0 spiro atoms. The van der Waals surface area contributed by atoms with Gasteiger partial charge in [0.05, 0.1) is 0 Å². The van der Waals surface area contributed by atoms with Crippen molar-refractivity contribution < 1.29 is 4.74 Å². The normalized spacial score (nSPS) is 10.5. The Labute approximate surface area is 109 Å². The van der Waals surface area contributed by atoms with Crippen LogP contribution in [0, 0.1) is 6.92 Å². The number of hydrogen-bond donors (Lipinski definition) is 1. The number of benzene rings is 1. The lowest BCUT2D eigenvalue weighted by Gasteiger charge is -2.10. The van der Waals surface area contributed by atoms with Crippen molar-refractivity contribution >= 4 is 11.6 Å². The van der Waals surface area contributed by atoms with Gasteiger partial charge in [-0.2, -0.15) is 0 Å². The standard InChI is InChI=1S/C14H22ClNO/c1-3-4-5-8-16-9-10-17-14-11-13(15)7-6-12(14)2/h6-7,11,16H,3-5,8-10H2,1-2H3. The molecule has 0 aromatic heterocycles. The molecule has 0 amide bonds. The quantitative estimate of drug-likeness (QED) is 0.714. The van der Waals surface area contributed by atoms with E-state index in [1.165, 1.54) is 19.3 Å². The average molecular weight is 256 g/mol. The first-order chi connectivity index (χ1) is 8.24. The Balaban J connectivity index is 2.15. The third-order valence-corrected chi connectivity index (χ3v) is 2.88. The number of halogens is 1. The second kappa shape index (κ2) is 8.37. The average Bonchev–Trinajstić information content (AvgIpc) is 2.32. The van der Waals surface area contributed by atoms with Gasteiger partial charge in [0.1, 0.15) is 12.4 Å². The predicted molar refractivity (Wildman–Crippen MR) is 74.1 cm³/mol. The summed E-state index contributed by atoms with van der Waals surface area (Å²) >= 11 is 5.92. The Morgan fingerprint density at radius 1 is 1.24 bits per heavy atom. The van der Waals surface area contributed by atoms with Crippen LogP contribution in [-0.4, -0.2) is 19.7 Å². The maximum absolute atomic E-state index is 5.92. The number of ether oxygens (including phenoxy) is 1. The SMILES string of the molecule is CCCCCNCCOc1cc(Cl)ccc1C. The van der Waals surface area contributed by atoms with Gasteiger partial charge in [-0.15, -0.1) is 0 Å². The van der Waals surface area contributed by atoms with E-state index in [1.807, 2.05) is 25.1 Å². The minimum atomic E-state index is 0.688. The molecule has 0 saturated carbocycles. The van der Waals surface area contributed by atoms with Gasteiger partial charge in [0, 0.05) is 11.6 Å². The van der Waals surface area contributed by atoms with Crippen LogP contribution in [0.2, 0.25) is 5.02 Å². The van der Waals surface area contributed by atoms with Gasteiger partial charge in [-0.25, -0.2) is 0 Å². The van der Waals surface area contributed by atoms with Crippen molar-refractivity contribution in [3.8, 4) is 5.75 Å². The summed E-state index contributed by atoms with van der Waals surface area (Å²) in [6.45, 7) is 6.89. The zero-order chi connectivity index (χ0) is 12.5. The third kappa shape index (κ3) is 5.94. The van der Waals surface area contributed by atoms with Crippen molar-refractivity contribution in [2.24, 2.45) is 0 Å². The summed E-state index contributed by atoms with van der Waals surface area (Å²) in [5.74, 6) is 0.882. The first kappa shape index (κ1) is 14.3. The summed E-state index contributed by atoms with van der Waals surface area (Å²) < 4.78 is 5.68. The number of aryl methyl sites for hydroxylation is 1. The van der Waals surface area contributed by atoms with Crippen LogP contribution in [0.3, 0.4) is 0 Å². The van der Waals surface area contributed by atoms with Gasteiger partial charge in [-0.1, -0.05) is 37.4 Å². The van der Waals surface area contributed by atoms with E-state index >= 15 is 0 Å². The van der Waals surface area contributed by atoms with E-state index in [9.17, 15) is 0 Å². The molecule has 2 nitrogen and oxygen atoms in total. The molecule has 1 rings (SSSR count). The number of nitrogens with one attached hydrogen (secondary N) is 1. The van der Waals surface area contributed by atoms with Crippen LogP contribution in [0.25, 0.3) is 0 Å². The molecule has 0 bridgehead atoms. The maximum Gasteiger partial charge on any atom is 0.123 e. The van der Waals surface area contributed by atoms with E-state index < -0.39 is 0 Å². The van der Waals surface area contributed by atoms with Gasteiger partial charge >= 0.3 is 0 Å². The summed E-state index contributed by atoms with van der Waals surface area (Å²) in [4.78, 5) is 0. The molecule has 17 heavy (non-hydrogen) atoms. The van der Waals surface area contributed by atoms with Crippen molar-refractivity contribution in [3.63, 3.8) is 0 Å². The van der Waals surface area contributed by atoms with Crippen LogP contribution in [0.1, 0.15) is 31.7 Å². The highest BCUT2D eigenvalue weighted by Gasteiger charge is 1.99. The van der Waals surface area contributed by atoms with Crippen LogP contribution in [0.5, 0.6) is 5.75 Å². The molecule has 96 valence electrons. The number of rotatable bonds is 8. The van der Waals surface area contributed by atoms with Crippen molar-refractivity contribution in [3.05, 3.63) is 28.8 Å². The smallest absolute Gasteiger partial charge is 0.123 e. The van der Waals surface area contributed by atoms with Crippen LogP contribution >= 0.6 is 11.6 Å². The van der Waals surface area contributed by atoms with Gasteiger partial charge in [0.15, 0.2) is 0 Å². The second-order valence-electron chi connectivity index (χ2n) is 4.22. The highest BCUT2D eigenvalue weighted by Crippen LogP contribution is 2.22. The molecular weight excluding hydrogens is 234 g/mol. The van der Waals surface area contributed by atoms with Crippen molar-refractivity contribution in [2.45, 2.75) is 33.1 Å². The van der Waals surface area contributed by atoms with E-state index in [0.29, 0.717) is 6.61 Å². The summed E-state index contributed by atoms with van der Waals surface area (Å²) in [5.41, 5.74) is 1.13. The molecule has 1 N–H and O–H groups in total. The number of hydrogen-bond acceptors (Lipinski definition) is 2. The largest absolute Gasteiger partial charge is 0.492 e. The lowest BCUT2D eigenvalue weighted by molar-refractivity contribution is 0.311. The molecule has 0 aliphatic rings. The predicted octanol–water partition coefficient (Wildman–Crippen LogP) is 3.81. The summed E-state index contributed by atoms with van der Waals surface area (Å²) in [5, 5.41) is 4.09. The molecule has 0 unspecified atom stereocenters. The molecule has 0 atom stereocenters. The molecule has 0 radical (unpaired) electrons. The lowest BCUT2D eigenvalue weighted by atomic mass is 10.2. The maximum atomic E-state index is 5.92. The summed E-state index contributed by atoms with van der Waals surface area (Å²) in [6.07, 6.45) is 3.80. The Morgan fingerprint density at radius 3 is 2.82 bits per heavy atom. The molecule has 3 heteroatoms. The lowest BCUT2D eigenvalue weighted by Crippen LogP contribution is -2.22. The van der Waals surface area contributed by atoms with Gasteiger partial charge in [-0.05, 0) is 37.6 Å². The zero-order valence-electron chi connectivity index (χ0n) is 10.8. The monoisotopic (exact) mass is 255 g/mol. The third-order valence-electron chi connectivity index (χ3n) is 2.64. The Morgan fingerprint density at radius 2 is 2.06 bits per heavy atom. The minimum absolute atomic E-state index is 0.688. The Bertz CT molecular complexity index is 328.